The standard InChI is InChI=1S/C17H17FO3/c1-11-7-8-13(16(9-11)20-3)14(19)10-21-15-6-4-5-12(2)17(15)18/h4-9H,10H2,1-3H3. The van der Waals surface area contributed by atoms with Crippen LogP contribution in [0.3, 0.4) is 0 Å². The summed E-state index contributed by atoms with van der Waals surface area (Å²) in [5.41, 5.74) is 1.90. The molecule has 3 nitrogen and oxygen atoms in total. The number of carbonyl (C=O) groups excluding carboxylic acids is 1. The summed E-state index contributed by atoms with van der Waals surface area (Å²) in [6, 6.07) is 10.1. The number of aryl methyl sites for hydroxylation is 2. The van der Waals surface area contributed by atoms with Gasteiger partial charge in [-0.15, -0.1) is 0 Å². The molecule has 0 atom stereocenters. The smallest absolute Gasteiger partial charge is 0.203 e. The lowest BCUT2D eigenvalue weighted by atomic mass is 10.1. The minimum absolute atomic E-state index is 0.0782. The summed E-state index contributed by atoms with van der Waals surface area (Å²) in [5.74, 6) is -0.128. The zero-order valence-corrected chi connectivity index (χ0v) is 12.3. The number of carbonyl (C=O) groups is 1. The van der Waals surface area contributed by atoms with Crippen LogP contribution < -0.4 is 9.47 Å². The monoisotopic (exact) mass is 288 g/mol. The van der Waals surface area contributed by atoms with Gasteiger partial charge in [0.25, 0.3) is 0 Å². The third kappa shape index (κ3) is 3.40. The van der Waals surface area contributed by atoms with Crippen LogP contribution in [0.4, 0.5) is 4.39 Å². The summed E-state index contributed by atoms with van der Waals surface area (Å²) in [5, 5.41) is 0. The zero-order chi connectivity index (χ0) is 15.4. The number of hydrogen-bond acceptors (Lipinski definition) is 3. The minimum Gasteiger partial charge on any atom is -0.496 e. The third-order valence-electron chi connectivity index (χ3n) is 3.17. The lowest BCUT2D eigenvalue weighted by Crippen LogP contribution is -2.13. The van der Waals surface area contributed by atoms with Crippen molar-refractivity contribution in [1.82, 2.24) is 0 Å². The molecule has 2 aromatic rings. The van der Waals surface area contributed by atoms with Crippen LogP contribution in [0.1, 0.15) is 21.5 Å². The highest BCUT2D eigenvalue weighted by atomic mass is 19.1. The van der Waals surface area contributed by atoms with Gasteiger partial charge in [0.15, 0.2) is 18.2 Å². The molecule has 0 saturated heterocycles. The van der Waals surface area contributed by atoms with Crippen molar-refractivity contribution >= 4 is 5.78 Å². The first-order valence-corrected chi connectivity index (χ1v) is 6.58. The molecule has 2 rings (SSSR count). The third-order valence-corrected chi connectivity index (χ3v) is 3.17. The first-order valence-electron chi connectivity index (χ1n) is 6.58. The fourth-order valence-corrected chi connectivity index (χ4v) is 1.98. The summed E-state index contributed by atoms with van der Waals surface area (Å²) < 4.78 is 24.3. The average molecular weight is 288 g/mol. The molecule has 0 aliphatic rings. The summed E-state index contributed by atoms with van der Waals surface area (Å²) >= 11 is 0. The van der Waals surface area contributed by atoms with E-state index >= 15 is 0 Å². The summed E-state index contributed by atoms with van der Waals surface area (Å²) in [6.45, 7) is 3.32. The molecule has 0 aliphatic heterocycles. The largest absolute Gasteiger partial charge is 0.496 e. The number of ketones is 1. The van der Waals surface area contributed by atoms with Gasteiger partial charge in [0.1, 0.15) is 5.75 Å². The Kier molecular flexibility index (Phi) is 4.58. The second kappa shape index (κ2) is 6.39. The Labute approximate surface area is 123 Å². The van der Waals surface area contributed by atoms with E-state index in [9.17, 15) is 9.18 Å². The molecule has 0 saturated carbocycles. The van der Waals surface area contributed by atoms with Gasteiger partial charge in [-0.3, -0.25) is 4.79 Å². The number of halogens is 1. The SMILES string of the molecule is COc1cc(C)ccc1C(=O)COc1cccc(C)c1F. The molecule has 110 valence electrons. The molecular formula is C17H17FO3. The van der Waals surface area contributed by atoms with Crippen molar-refractivity contribution < 1.29 is 18.7 Å². The molecule has 4 heteroatoms. The van der Waals surface area contributed by atoms with Crippen LogP contribution in [0.5, 0.6) is 11.5 Å². The maximum absolute atomic E-state index is 13.8. The Morgan fingerprint density at radius 2 is 1.90 bits per heavy atom. The van der Waals surface area contributed by atoms with Crippen LogP contribution >= 0.6 is 0 Å². The Balaban J connectivity index is 2.14. The highest BCUT2D eigenvalue weighted by Gasteiger charge is 2.14. The molecule has 0 aromatic heterocycles. The molecule has 0 bridgehead atoms. The van der Waals surface area contributed by atoms with Crippen molar-refractivity contribution in [3.05, 3.63) is 58.9 Å². The Hall–Kier alpha value is -2.36. The first-order chi connectivity index (χ1) is 10.0. The molecule has 0 amide bonds. The van der Waals surface area contributed by atoms with Gasteiger partial charge in [-0.2, -0.15) is 0 Å². The number of rotatable bonds is 5. The topological polar surface area (TPSA) is 35.5 Å². The second-order valence-corrected chi connectivity index (χ2v) is 4.80. The average Bonchev–Trinajstić information content (AvgIpc) is 2.48. The van der Waals surface area contributed by atoms with E-state index in [1.165, 1.54) is 13.2 Å². The molecule has 0 unspecified atom stereocenters. The summed E-state index contributed by atoms with van der Waals surface area (Å²) in [4.78, 5) is 12.2. The van der Waals surface area contributed by atoms with Gasteiger partial charge in [0, 0.05) is 0 Å². The van der Waals surface area contributed by atoms with Gasteiger partial charge in [-0.25, -0.2) is 4.39 Å². The minimum atomic E-state index is -0.443. The zero-order valence-electron chi connectivity index (χ0n) is 12.3. The van der Waals surface area contributed by atoms with Crippen LogP contribution in [-0.4, -0.2) is 19.5 Å². The molecule has 0 N–H and O–H groups in total. The molecule has 2 aromatic carbocycles. The number of hydrogen-bond donors (Lipinski definition) is 0. The van der Waals surface area contributed by atoms with Gasteiger partial charge in [-0.05, 0) is 43.2 Å². The molecular weight excluding hydrogens is 271 g/mol. The number of ether oxygens (including phenoxy) is 2. The summed E-state index contributed by atoms with van der Waals surface area (Å²) in [6.07, 6.45) is 0. The predicted molar refractivity (Wildman–Crippen MR) is 78.7 cm³/mol. The Bertz CT molecular complexity index is 665. The van der Waals surface area contributed by atoms with Crippen molar-refractivity contribution in [3.8, 4) is 11.5 Å². The molecule has 0 spiro atoms. The van der Waals surface area contributed by atoms with E-state index < -0.39 is 5.82 Å². The van der Waals surface area contributed by atoms with E-state index in [4.69, 9.17) is 9.47 Å². The van der Waals surface area contributed by atoms with E-state index in [0.717, 1.165) is 5.56 Å². The maximum atomic E-state index is 13.8. The normalized spacial score (nSPS) is 10.3. The molecule has 0 fully saturated rings. The van der Waals surface area contributed by atoms with Crippen LogP contribution in [0, 0.1) is 19.7 Å². The van der Waals surface area contributed by atoms with Crippen molar-refractivity contribution in [2.45, 2.75) is 13.8 Å². The molecule has 0 aliphatic carbocycles. The number of methoxy groups -OCH3 is 1. The lowest BCUT2D eigenvalue weighted by molar-refractivity contribution is 0.0915. The van der Waals surface area contributed by atoms with Gasteiger partial charge >= 0.3 is 0 Å². The highest BCUT2D eigenvalue weighted by Crippen LogP contribution is 2.22. The van der Waals surface area contributed by atoms with Crippen molar-refractivity contribution in [3.63, 3.8) is 0 Å². The fraction of sp³-hybridized carbons (Fsp3) is 0.235. The quantitative estimate of drug-likeness (QED) is 0.787. The first kappa shape index (κ1) is 15.0. The van der Waals surface area contributed by atoms with Crippen molar-refractivity contribution in [2.24, 2.45) is 0 Å². The molecule has 0 heterocycles. The van der Waals surface area contributed by atoms with Crippen molar-refractivity contribution in [1.29, 1.82) is 0 Å². The van der Waals surface area contributed by atoms with Crippen LogP contribution in [0.15, 0.2) is 36.4 Å². The molecule has 0 radical (unpaired) electrons. The maximum Gasteiger partial charge on any atom is 0.203 e. The van der Waals surface area contributed by atoms with Crippen LogP contribution in [0.25, 0.3) is 0 Å². The Morgan fingerprint density at radius 1 is 1.14 bits per heavy atom. The highest BCUT2D eigenvalue weighted by molar-refractivity contribution is 5.99. The van der Waals surface area contributed by atoms with Gasteiger partial charge < -0.3 is 9.47 Å². The van der Waals surface area contributed by atoms with E-state index in [1.807, 2.05) is 13.0 Å². The van der Waals surface area contributed by atoms with E-state index in [1.54, 1.807) is 31.2 Å². The fourth-order valence-electron chi connectivity index (χ4n) is 1.98. The number of Topliss-reactive ketones (excluding diaryl/α,β-unsaturated/α-hetero) is 1. The summed E-state index contributed by atoms with van der Waals surface area (Å²) in [7, 11) is 1.51. The molecule has 21 heavy (non-hydrogen) atoms. The van der Waals surface area contributed by atoms with Crippen LogP contribution in [-0.2, 0) is 0 Å². The van der Waals surface area contributed by atoms with Crippen LogP contribution in [0.2, 0.25) is 0 Å². The van der Waals surface area contributed by atoms with Crippen molar-refractivity contribution in [2.75, 3.05) is 13.7 Å². The van der Waals surface area contributed by atoms with E-state index in [-0.39, 0.29) is 18.1 Å². The second-order valence-electron chi connectivity index (χ2n) is 4.80. The van der Waals surface area contributed by atoms with Gasteiger partial charge in [-0.1, -0.05) is 18.2 Å². The van der Waals surface area contributed by atoms with Gasteiger partial charge in [0.05, 0.1) is 12.7 Å². The van der Waals surface area contributed by atoms with Gasteiger partial charge in [0.2, 0.25) is 5.78 Å². The van der Waals surface area contributed by atoms with E-state index in [2.05, 4.69) is 0 Å². The van der Waals surface area contributed by atoms with E-state index in [0.29, 0.717) is 16.9 Å². The number of benzene rings is 2. The predicted octanol–water partition coefficient (Wildman–Crippen LogP) is 3.71. The lowest BCUT2D eigenvalue weighted by Gasteiger charge is -2.10. The Morgan fingerprint density at radius 3 is 2.62 bits per heavy atom.